The van der Waals surface area contributed by atoms with Gasteiger partial charge in [-0.3, -0.25) is 19.9 Å². The molecule has 0 unspecified atom stereocenters. The zero-order valence-corrected chi connectivity index (χ0v) is 35.6. The highest BCUT2D eigenvalue weighted by Gasteiger charge is 2.49. The van der Waals surface area contributed by atoms with E-state index in [0.29, 0.717) is 0 Å². The Kier molecular flexibility index (Phi) is 7.54. The molecule has 0 spiro atoms. The van der Waals surface area contributed by atoms with Crippen molar-refractivity contribution in [3.63, 3.8) is 0 Å². The monoisotopic (exact) mass is 850 g/mol. The summed E-state index contributed by atoms with van der Waals surface area (Å²) in [5.74, 6) is 0. The minimum atomic E-state index is -3.54. The maximum absolute atomic E-state index is 7.39. The van der Waals surface area contributed by atoms with Gasteiger partial charge in [0.15, 0.2) is 22.3 Å². The number of aromatic nitrogens is 6. The van der Waals surface area contributed by atoms with Crippen LogP contribution in [-0.4, -0.2) is 37.1 Å². The zero-order valence-electron chi connectivity index (χ0n) is 34.6. The van der Waals surface area contributed by atoms with Crippen molar-refractivity contribution < 1.29 is 8.83 Å². The van der Waals surface area contributed by atoms with Gasteiger partial charge in [-0.15, -0.1) is 0 Å². The molecule has 65 heavy (non-hydrogen) atoms. The summed E-state index contributed by atoms with van der Waals surface area (Å²) in [5.41, 5.74) is 10.9. The lowest BCUT2D eigenvalue weighted by Gasteiger charge is -2.31. The van der Waals surface area contributed by atoms with Crippen molar-refractivity contribution in [1.82, 2.24) is 29.1 Å². The number of hydrogen-bond donors (Lipinski definition) is 0. The number of benzene rings is 6. The van der Waals surface area contributed by atoms with E-state index in [1.807, 2.05) is 36.9 Å². The second-order valence-corrected chi connectivity index (χ2v) is 20.1. The van der Waals surface area contributed by atoms with Crippen LogP contribution in [0, 0.1) is 0 Å². The molecule has 0 bridgehead atoms. The summed E-state index contributed by atoms with van der Waals surface area (Å²) in [6.07, 6.45) is 7.58. The molecule has 0 amide bonds. The molecule has 0 radical (unpaired) electrons. The summed E-state index contributed by atoms with van der Waals surface area (Å²) in [6.45, 7) is 0. The van der Waals surface area contributed by atoms with E-state index in [-0.39, 0.29) is 0 Å². The van der Waals surface area contributed by atoms with E-state index in [2.05, 4.69) is 179 Å². The Labute approximate surface area is 371 Å². The summed E-state index contributed by atoms with van der Waals surface area (Å²) in [4.78, 5) is 20.6. The van der Waals surface area contributed by atoms with E-state index in [1.54, 1.807) is 0 Å². The van der Waals surface area contributed by atoms with Crippen LogP contribution in [0.5, 0.6) is 0 Å². The summed E-state index contributed by atoms with van der Waals surface area (Å²) in [5, 5.41) is 10.0. The lowest BCUT2D eigenvalue weighted by molar-refractivity contribution is 0.666. The van der Waals surface area contributed by atoms with Gasteiger partial charge < -0.3 is 18.0 Å². The predicted molar refractivity (Wildman–Crippen MR) is 264 cm³/mol. The second kappa shape index (κ2) is 13.7. The fraction of sp³-hybridized carbons (Fsp3) is 0. The highest BCUT2D eigenvalue weighted by atomic mass is 28.3. The molecule has 0 aliphatic carbocycles. The average Bonchev–Trinajstić information content (AvgIpc) is 4.14. The third-order valence-corrected chi connectivity index (χ3v) is 17.8. The maximum Gasteiger partial charge on any atom is 0.233 e. The lowest BCUT2D eigenvalue weighted by Crippen LogP contribution is -2.76. The molecule has 0 saturated carbocycles. The molecule has 0 N–H and O–H groups in total. The molecule has 8 heterocycles. The van der Waals surface area contributed by atoms with Crippen LogP contribution in [-0.2, 0) is 0 Å². The van der Waals surface area contributed by atoms with Gasteiger partial charge in [-0.2, -0.15) is 0 Å². The Morgan fingerprint density at radius 3 is 1.18 bits per heavy atom. The third-order valence-electron chi connectivity index (χ3n) is 13.2. The first-order valence-electron chi connectivity index (χ1n) is 21.7. The number of furan rings is 2. The minimum Gasteiger partial charge on any atom is -0.452 e. The standard InChI is InChI=1S/C56H34N6O2Si/c1-3-15-35(16-4-1)65(36-17-5-2-6-18-36,55-53-39(29-33-59-55)37-21-11-25-47(51(37)63-53)61-43-23-9-7-19-41(43)49-45(61)27-13-31-57-49)56-54-40(30-34-60-56)38-22-12-26-48(52(38)64-54)62-44-24-10-8-20-42(44)50-46(62)28-14-32-58-50/h1-34H. The Morgan fingerprint density at radius 1 is 0.308 bits per heavy atom. The Balaban J connectivity index is 1.10. The zero-order chi connectivity index (χ0) is 42.6. The summed E-state index contributed by atoms with van der Waals surface area (Å²) in [7, 11) is -3.54. The Bertz CT molecular complexity index is 3830. The highest BCUT2D eigenvalue weighted by molar-refractivity contribution is 7.20. The van der Waals surface area contributed by atoms with Gasteiger partial charge in [0.1, 0.15) is 0 Å². The Morgan fingerprint density at radius 2 is 0.708 bits per heavy atom. The molecule has 9 heteroatoms. The number of hydrogen-bond acceptors (Lipinski definition) is 6. The molecule has 0 aliphatic heterocycles. The number of rotatable bonds is 6. The normalized spacial score (nSPS) is 12.3. The summed E-state index contributed by atoms with van der Waals surface area (Å²) >= 11 is 0. The van der Waals surface area contributed by atoms with Crippen molar-refractivity contribution >= 4 is 117 Å². The first-order chi connectivity index (χ1) is 32.3. The van der Waals surface area contributed by atoms with Crippen LogP contribution in [0.4, 0.5) is 0 Å². The molecule has 8 nitrogen and oxygen atoms in total. The summed E-state index contributed by atoms with van der Waals surface area (Å²) < 4.78 is 19.3. The van der Waals surface area contributed by atoms with Crippen molar-refractivity contribution in [3.05, 3.63) is 207 Å². The fourth-order valence-corrected chi connectivity index (χ4v) is 15.2. The smallest absolute Gasteiger partial charge is 0.233 e. The van der Waals surface area contributed by atoms with Crippen molar-refractivity contribution in [1.29, 1.82) is 0 Å². The number of fused-ring (bicyclic) bond motifs is 12. The van der Waals surface area contributed by atoms with Crippen LogP contribution in [0.3, 0.4) is 0 Å². The van der Waals surface area contributed by atoms with E-state index < -0.39 is 8.07 Å². The number of nitrogens with zero attached hydrogens (tertiary/aromatic N) is 6. The molecule has 14 rings (SSSR count). The Hall–Kier alpha value is -8.66. The van der Waals surface area contributed by atoms with Gasteiger partial charge in [0, 0.05) is 57.1 Å². The first kappa shape index (κ1) is 35.9. The van der Waals surface area contributed by atoms with E-state index in [1.165, 1.54) is 0 Å². The quantitative estimate of drug-likeness (QED) is 0.155. The van der Waals surface area contributed by atoms with Gasteiger partial charge in [-0.05, 0) is 71.0 Å². The van der Waals surface area contributed by atoms with E-state index in [4.69, 9.17) is 28.8 Å². The molecule has 304 valence electrons. The fourth-order valence-electron chi connectivity index (χ4n) is 10.6. The van der Waals surface area contributed by atoms with Gasteiger partial charge in [0.2, 0.25) is 8.07 Å². The largest absolute Gasteiger partial charge is 0.452 e. The molecule has 6 aromatic carbocycles. The van der Waals surface area contributed by atoms with Crippen molar-refractivity contribution in [2.45, 2.75) is 0 Å². The van der Waals surface area contributed by atoms with Crippen molar-refractivity contribution in [3.8, 4) is 11.4 Å². The van der Waals surface area contributed by atoms with Crippen LogP contribution in [0.25, 0.3) is 99.1 Å². The van der Waals surface area contributed by atoms with Gasteiger partial charge in [0.05, 0.1) is 55.1 Å². The van der Waals surface area contributed by atoms with Gasteiger partial charge in [0.25, 0.3) is 0 Å². The van der Waals surface area contributed by atoms with Crippen LogP contribution < -0.4 is 21.0 Å². The molecule has 0 aliphatic rings. The highest BCUT2D eigenvalue weighted by Crippen LogP contribution is 2.39. The number of pyridine rings is 4. The van der Waals surface area contributed by atoms with E-state index in [9.17, 15) is 0 Å². The topological polar surface area (TPSA) is 87.7 Å². The van der Waals surface area contributed by atoms with Gasteiger partial charge >= 0.3 is 0 Å². The first-order valence-corrected chi connectivity index (χ1v) is 23.7. The SMILES string of the molecule is c1ccc([Si](c2ccccc2)(c2nccc3c2oc2c(-n4c5ccccc5c5ncccc54)cccc23)c2nccc3c2oc2c(-n4c5ccccc5c5ncccc54)cccc23)cc1. The van der Waals surface area contributed by atoms with E-state index >= 15 is 0 Å². The van der Waals surface area contributed by atoms with Gasteiger partial charge in [-0.1, -0.05) is 121 Å². The molecule has 8 aromatic heterocycles. The number of para-hydroxylation sites is 4. The van der Waals surface area contributed by atoms with E-state index in [0.717, 1.165) is 120 Å². The van der Waals surface area contributed by atoms with Crippen LogP contribution in [0.1, 0.15) is 0 Å². The molecular formula is C56H34N6O2Si. The molecule has 0 saturated heterocycles. The molecule has 0 atom stereocenters. The maximum atomic E-state index is 7.39. The third kappa shape index (κ3) is 4.89. The molecule has 14 aromatic rings. The van der Waals surface area contributed by atoms with Crippen LogP contribution in [0.2, 0.25) is 0 Å². The predicted octanol–water partition coefficient (Wildman–Crippen LogP) is 10.6. The minimum absolute atomic E-state index is 0.724. The lowest BCUT2D eigenvalue weighted by atomic mass is 10.1. The van der Waals surface area contributed by atoms with Crippen molar-refractivity contribution in [2.24, 2.45) is 0 Å². The van der Waals surface area contributed by atoms with Gasteiger partial charge in [-0.25, -0.2) is 0 Å². The second-order valence-electron chi connectivity index (χ2n) is 16.5. The van der Waals surface area contributed by atoms with Crippen LogP contribution >= 0.6 is 0 Å². The van der Waals surface area contributed by atoms with Crippen molar-refractivity contribution in [2.75, 3.05) is 0 Å². The molecule has 0 fully saturated rings. The molecular weight excluding hydrogens is 817 g/mol. The average molecular weight is 851 g/mol. The van der Waals surface area contributed by atoms with Crippen LogP contribution in [0.15, 0.2) is 216 Å². The summed E-state index contributed by atoms with van der Waals surface area (Å²) in [6, 6.07) is 63.5.